The van der Waals surface area contributed by atoms with Crippen molar-refractivity contribution in [1.82, 2.24) is 9.80 Å². The normalized spacial score (nSPS) is 28.3. The zero-order valence-electron chi connectivity index (χ0n) is 19.6. The van der Waals surface area contributed by atoms with Crippen molar-refractivity contribution in [3.05, 3.63) is 11.7 Å². The van der Waals surface area contributed by atoms with Gasteiger partial charge in [0, 0.05) is 19.3 Å². The Kier molecular flexibility index (Phi) is 5.84. The summed E-state index contributed by atoms with van der Waals surface area (Å²) in [6, 6.07) is 0.220. The van der Waals surface area contributed by atoms with E-state index < -0.39 is 23.9 Å². The van der Waals surface area contributed by atoms with Crippen LogP contribution >= 0.6 is 0 Å². The lowest BCUT2D eigenvalue weighted by atomic mass is 9.80. The quantitative estimate of drug-likeness (QED) is 0.391. The van der Waals surface area contributed by atoms with Crippen LogP contribution < -0.4 is 0 Å². The first-order chi connectivity index (χ1) is 13.7. The van der Waals surface area contributed by atoms with Gasteiger partial charge in [-0.15, -0.1) is 0 Å². The molecule has 4 saturated heterocycles. The number of rotatable bonds is 2. The van der Waals surface area contributed by atoms with Crippen LogP contribution in [0, 0.1) is 0 Å². The van der Waals surface area contributed by atoms with Crippen LogP contribution in [-0.2, 0) is 14.0 Å². The van der Waals surface area contributed by atoms with Crippen molar-refractivity contribution in [3.8, 4) is 0 Å². The molecule has 0 spiro atoms. The van der Waals surface area contributed by atoms with Crippen molar-refractivity contribution in [3.63, 3.8) is 0 Å². The Labute approximate surface area is 180 Å². The number of nitrogens with zero attached hydrogens (tertiary/aromatic N) is 4. The lowest BCUT2D eigenvalue weighted by Gasteiger charge is -2.55. The number of amides is 1. The molecule has 166 valence electrons. The third-order valence-electron chi connectivity index (χ3n) is 6.23. The highest BCUT2D eigenvalue weighted by molar-refractivity contribution is 6.54. The van der Waals surface area contributed by atoms with Gasteiger partial charge < -0.3 is 18.9 Å². The topological polar surface area (TPSA) is 76.0 Å². The summed E-state index contributed by atoms with van der Waals surface area (Å²) in [4.78, 5) is 25.0. The van der Waals surface area contributed by atoms with Crippen molar-refractivity contribution >= 4 is 25.9 Å². The number of aliphatic imine (C=N–C) groups is 2. The highest BCUT2D eigenvalue weighted by Crippen LogP contribution is 2.38. The van der Waals surface area contributed by atoms with Crippen LogP contribution in [0.4, 0.5) is 4.79 Å². The fraction of sp³-hybridized carbons (Fsp3) is 0.762. The van der Waals surface area contributed by atoms with Crippen LogP contribution in [0.25, 0.3) is 0 Å². The molecular formula is C21H35BN4O4. The van der Waals surface area contributed by atoms with Gasteiger partial charge in [-0.1, -0.05) is 0 Å². The highest BCUT2D eigenvalue weighted by atomic mass is 16.7. The van der Waals surface area contributed by atoms with Gasteiger partial charge in [-0.2, -0.15) is 0 Å². The maximum atomic E-state index is 12.4. The average Bonchev–Trinajstić information content (AvgIpc) is 2.81. The van der Waals surface area contributed by atoms with E-state index in [-0.39, 0.29) is 18.2 Å². The van der Waals surface area contributed by atoms with Crippen molar-refractivity contribution in [1.29, 1.82) is 0 Å². The minimum absolute atomic E-state index is 0.110. The molecule has 30 heavy (non-hydrogen) atoms. The Hall–Kier alpha value is -1.87. The van der Waals surface area contributed by atoms with E-state index in [9.17, 15) is 4.79 Å². The predicted octanol–water partition coefficient (Wildman–Crippen LogP) is 3.27. The second kappa shape index (κ2) is 7.68. The van der Waals surface area contributed by atoms with Gasteiger partial charge >= 0.3 is 13.2 Å². The fourth-order valence-electron chi connectivity index (χ4n) is 3.86. The van der Waals surface area contributed by atoms with Crippen molar-refractivity contribution < 1.29 is 18.8 Å². The number of hydrogen-bond donors (Lipinski definition) is 0. The summed E-state index contributed by atoms with van der Waals surface area (Å²) in [6.07, 6.45) is 2.46. The first-order valence-corrected chi connectivity index (χ1v) is 10.6. The number of piperidine rings is 1. The van der Waals surface area contributed by atoms with Crippen molar-refractivity contribution in [2.45, 2.75) is 90.7 Å². The summed E-state index contributed by atoms with van der Waals surface area (Å²) in [5.74, 6) is 0.546. The van der Waals surface area contributed by atoms with Crippen LogP contribution in [0.5, 0.6) is 0 Å². The zero-order chi connectivity index (χ0) is 22.5. The lowest BCUT2D eigenvalue weighted by molar-refractivity contribution is -0.0627. The molecule has 0 saturated carbocycles. The molecule has 8 nitrogen and oxygen atoms in total. The summed E-state index contributed by atoms with van der Waals surface area (Å²) < 4.78 is 17.7. The van der Waals surface area contributed by atoms with Gasteiger partial charge in [0.05, 0.1) is 23.3 Å². The van der Waals surface area contributed by atoms with Gasteiger partial charge in [0.15, 0.2) is 0 Å². The third-order valence-corrected chi connectivity index (χ3v) is 6.23. The molecule has 1 amide bonds. The summed E-state index contributed by atoms with van der Waals surface area (Å²) in [7, 11) is -0.442. The van der Waals surface area contributed by atoms with Crippen molar-refractivity contribution in [2.75, 3.05) is 13.1 Å². The summed E-state index contributed by atoms with van der Waals surface area (Å²) >= 11 is 0. The molecule has 0 aliphatic carbocycles. The van der Waals surface area contributed by atoms with E-state index in [4.69, 9.17) is 14.0 Å². The number of hydrogen-bond acceptors (Lipinski definition) is 5. The smallest absolute Gasteiger partial charge is 0.444 e. The number of ether oxygens (including phenoxy) is 1. The molecule has 0 radical (unpaired) electrons. The SMILES string of the molecule is C=NC(=N/C=C(\C)B1OC(C)(C)C(C)(C)O1)N1CC2CC(C1)N2C(=O)OC(C)(C)C. The van der Waals surface area contributed by atoms with Gasteiger partial charge in [-0.05, 0) is 74.0 Å². The van der Waals surface area contributed by atoms with Crippen molar-refractivity contribution in [2.24, 2.45) is 9.98 Å². The van der Waals surface area contributed by atoms with E-state index in [0.29, 0.717) is 19.0 Å². The van der Waals surface area contributed by atoms with Crippen LogP contribution in [0.15, 0.2) is 21.7 Å². The second-order valence-corrected chi connectivity index (χ2v) is 10.4. The highest BCUT2D eigenvalue weighted by Gasteiger charge is 2.52. The number of carbonyl (C=O) groups excluding carboxylic acids is 1. The van der Waals surface area contributed by atoms with Gasteiger partial charge in [0.2, 0.25) is 5.96 Å². The van der Waals surface area contributed by atoms with E-state index >= 15 is 0 Å². The minimum atomic E-state index is -0.494. The van der Waals surface area contributed by atoms with Gasteiger partial charge in [0.25, 0.3) is 0 Å². The molecule has 4 heterocycles. The molecule has 2 bridgehead atoms. The largest absolute Gasteiger partial charge is 0.491 e. The Morgan fingerprint density at radius 2 is 1.70 bits per heavy atom. The maximum absolute atomic E-state index is 12.4. The van der Waals surface area contributed by atoms with Gasteiger partial charge in [0.1, 0.15) is 5.60 Å². The Balaban J connectivity index is 1.64. The molecule has 4 rings (SSSR count). The fourth-order valence-corrected chi connectivity index (χ4v) is 3.86. The Morgan fingerprint density at radius 1 is 1.17 bits per heavy atom. The van der Waals surface area contributed by atoms with E-state index in [1.807, 2.05) is 60.3 Å². The molecule has 0 aromatic rings. The minimum Gasteiger partial charge on any atom is -0.444 e. The third kappa shape index (κ3) is 4.42. The number of carbonyl (C=O) groups is 1. The standard InChI is InChI=1S/C21H35BN4O4/c1-14(22-29-20(5,6)21(7,8)30-22)11-24-17(23-9)25-12-15-10-16(13-25)26(15)18(27)28-19(2,3)4/h11,15-16H,9-10,12-13H2,1-8H3/b14-11+,24-17?. The van der Waals surface area contributed by atoms with Crippen LogP contribution in [0.1, 0.15) is 61.8 Å². The van der Waals surface area contributed by atoms with E-state index in [2.05, 4.69) is 21.6 Å². The number of guanidine groups is 1. The lowest BCUT2D eigenvalue weighted by Crippen LogP contribution is -2.71. The van der Waals surface area contributed by atoms with E-state index in [1.165, 1.54) is 0 Å². The molecule has 4 aliphatic heterocycles. The molecule has 0 aromatic carbocycles. The predicted molar refractivity (Wildman–Crippen MR) is 119 cm³/mol. The van der Waals surface area contributed by atoms with Crippen LogP contribution in [-0.4, -0.2) is 77.7 Å². The zero-order valence-corrected chi connectivity index (χ0v) is 19.6. The molecule has 2 atom stereocenters. The Morgan fingerprint density at radius 3 is 2.17 bits per heavy atom. The first-order valence-electron chi connectivity index (χ1n) is 10.6. The molecule has 0 N–H and O–H groups in total. The summed E-state index contributed by atoms with van der Waals surface area (Å²) in [5, 5.41) is 0. The monoisotopic (exact) mass is 418 g/mol. The number of fused-ring (bicyclic) bond motifs is 2. The first kappa shape index (κ1) is 22.8. The summed E-state index contributed by atoms with van der Waals surface area (Å²) in [6.45, 7) is 20.7. The maximum Gasteiger partial charge on any atom is 0.491 e. The molecule has 4 aliphatic rings. The molecule has 4 fully saturated rings. The van der Waals surface area contributed by atoms with E-state index in [1.54, 1.807) is 6.20 Å². The van der Waals surface area contributed by atoms with Crippen LogP contribution in [0.2, 0.25) is 0 Å². The number of piperazine rings is 1. The Bertz CT molecular complexity index is 743. The molecule has 2 unspecified atom stereocenters. The molecule has 0 aromatic heterocycles. The summed E-state index contributed by atoms with van der Waals surface area (Å²) in [5.41, 5.74) is -0.414. The number of allylic oxidation sites excluding steroid dienone is 1. The van der Waals surface area contributed by atoms with Gasteiger partial charge in [-0.3, -0.25) is 4.90 Å². The average molecular weight is 418 g/mol. The molecular weight excluding hydrogens is 383 g/mol. The molecule has 9 heteroatoms. The van der Waals surface area contributed by atoms with Crippen LogP contribution in [0.3, 0.4) is 0 Å². The second-order valence-electron chi connectivity index (χ2n) is 10.4. The van der Waals surface area contributed by atoms with Gasteiger partial charge in [-0.25, -0.2) is 14.8 Å². The van der Waals surface area contributed by atoms with E-state index in [0.717, 1.165) is 11.9 Å².